The molecule has 1 unspecified atom stereocenters. The molecular weight excluding hydrogens is 300 g/mol. The van der Waals surface area contributed by atoms with Crippen molar-refractivity contribution in [3.63, 3.8) is 0 Å². The molecule has 0 radical (unpaired) electrons. The lowest BCUT2D eigenvalue weighted by molar-refractivity contribution is 0.439. The summed E-state index contributed by atoms with van der Waals surface area (Å²) in [6.07, 6.45) is 0. The first-order valence-corrected chi connectivity index (χ1v) is 6.47. The van der Waals surface area contributed by atoms with Gasteiger partial charge in [0, 0.05) is 40.2 Å². The molecule has 0 saturated heterocycles. The van der Waals surface area contributed by atoms with Crippen molar-refractivity contribution in [3.05, 3.63) is 33.9 Å². The third kappa shape index (κ3) is 2.01. The van der Waals surface area contributed by atoms with E-state index in [9.17, 15) is 0 Å². The molecule has 0 bridgehead atoms. The molecule has 1 aromatic carbocycles. The number of rotatable bonds is 0. The van der Waals surface area contributed by atoms with Crippen LogP contribution in [-0.2, 0) is 6.54 Å². The SMILES string of the molecule is Cc1cc2c(cc1Br)cc1n2C(C)CNC1.Cl. The molecular formula is C13H16BrClN2. The predicted octanol–water partition coefficient (Wildman–Crippen LogP) is 3.80. The van der Waals surface area contributed by atoms with E-state index in [1.165, 1.54) is 26.6 Å². The molecule has 2 heterocycles. The molecule has 1 N–H and O–H groups in total. The van der Waals surface area contributed by atoms with Crippen molar-refractivity contribution in [3.8, 4) is 0 Å². The van der Waals surface area contributed by atoms with Crippen LogP contribution in [0.25, 0.3) is 10.9 Å². The summed E-state index contributed by atoms with van der Waals surface area (Å²) < 4.78 is 3.66. The Labute approximate surface area is 116 Å². The molecule has 0 spiro atoms. The van der Waals surface area contributed by atoms with Crippen LogP contribution in [0.15, 0.2) is 22.7 Å². The second kappa shape index (κ2) is 4.63. The maximum Gasteiger partial charge on any atom is 0.0489 e. The van der Waals surface area contributed by atoms with Crippen molar-refractivity contribution in [1.82, 2.24) is 9.88 Å². The number of nitrogens with one attached hydrogen (secondary N) is 1. The Bertz CT molecular complexity index is 562. The lowest BCUT2D eigenvalue weighted by Crippen LogP contribution is -2.30. The first-order chi connectivity index (χ1) is 7.66. The fraction of sp³-hybridized carbons (Fsp3) is 0.385. The second-order valence-electron chi connectivity index (χ2n) is 4.65. The number of benzene rings is 1. The zero-order chi connectivity index (χ0) is 11.3. The Hall–Kier alpha value is -0.510. The van der Waals surface area contributed by atoms with Crippen molar-refractivity contribution >= 4 is 39.2 Å². The van der Waals surface area contributed by atoms with Crippen LogP contribution in [0.1, 0.15) is 24.2 Å². The van der Waals surface area contributed by atoms with E-state index < -0.39 is 0 Å². The summed E-state index contributed by atoms with van der Waals surface area (Å²) in [5, 5.41) is 4.78. The molecule has 1 aliphatic heterocycles. The quantitative estimate of drug-likeness (QED) is 0.782. The van der Waals surface area contributed by atoms with Gasteiger partial charge < -0.3 is 9.88 Å². The van der Waals surface area contributed by atoms with Gasteiger partial charge in [-0.2, -0.15) is 0 Å². The highest BCUT2D eigenvalue weighted by Gasteiger charge is 2.18. The van der Waals surface area contributed by atoms with Gasteiger partial charge in [-0.25, -0.2) is 0 Å². The van der Waals surface area contributed by atoms with Crippen LogP contribution in [0.4, 0.5) is 0 Å². The fourth-order valence-corrected chi connectivity index (χ4v) is 2.93. The molecule has 4 heteroatoms. The predicted molar refractivity (Wildman–Crippen MR) is 78.0 cm³/mol. The summed E-state index contributed by atoms with van der Waals surface area (Å²) >= 11 is 3.60. The maximum atomic E-state index is 3.60. The molecule has 0 amide bonds. The molecule has 1 atom stereocenters. The number of hydrogen-bond acceptors (Lipinski definition) is 1. The largest absolute Gasteiger partial charge is 0.339 e. The molecule has 2 nitrogen and oxygen atoms in total. The first-order valence-electron chi connectivity index (χ1n) is 5.67. The van der Waals surface area contributed by atoms with E-state index in [0.717, 1.165) is 13.1 Å². The van der Waals surface area contributed by atoms with E-state index in [-0.39, 0.29) is 12.4 Å². The highest BCUT2D eigenvalue weighted by Crippen LogP contribution is 2.30. The molecule has 0 fully saturated rings. The number of hydrogen-bond donors (Lipinski definition) is 1. The minimum Gasteiger partial charge on any atom is -0.339 e. The Balaban J connectivity index is 0.00000108. The van der Waals surface area contributed by atoms with Gasteiger partial charge in [0.05, 0.1) is 0 Å². The van der Waals surface area contributed by atoms with Gasteiger partial charge in [-0.3, -0.25) is 0 Å². The number of fused-ring (bicyclic) bond motifs is 3. The summed E-state index contributed by atoms with van der Waals surface area (Å²) in [5.41, 5.74) is 4.06. The highest BCUT2D eigenvalue weighted by atomic mass is 79.9. The Kier molecular flexibility index (Phi) is 3.53. The minimum absolute atomic E-state index is 0. The highest BCUT2D eigenvalue weighted by molar-refractivity contribution is 9.10. The molecule has 17 heavy (non-hydrogen) atoms. The Morgan fingerprint density at radius 3 is 2.88 bits per heavy atom. The third-order valence-electron chi connectivity index (χ3n) is 3.39. The van der Waals surface area contributed by atoms with Gasteiger partial charge >= 0.3 is 0 Å². The lowest BCUT2D eigenvalue weighted by Gasteiger charge is -2.24. The van der Waals surface area contributed by atoms with Crippen molar-refractivity contribution < 1.29 is 0 Å². The molecule has 0 aliphatic carbocycles. The Morgan fingerprint density at radius 2 is 2.12 bits per heavy atom. The van der Waals surface area contributed by atoms with Crippen LogP contribution < -0.4 is 5.32 Å². The van der Waals surface area contributed by atoms with Crippen LogP contribution in [0.2, 0.25) is 0 Å². The van der Waals surface area contributed by atoms with Crippen molar-refractivity contribution in [2.24, 2.45) is 0 Å². The molecule has 0 saturated carbocycles. The summed E-state index contributed by atoms with van der Waals surface area (Å²) in [4.78, 5) is 0. The van der Waals surface area contributed by atoms with Crippen molar-refractivity contribution in [2.45, 2.75) is 26.4 Å². The fourth-order valence-electron chi connectivity index (χ4n) is 2.57. The number of aryl methyl sites for hydroxylation is 1. The zero-order valence-electron chi connectivity index (χ0n) is 9.96. The maximum absolute atomic E-state index is 3.60. The van der Waals surface area contributed by atoms with E-state index in [0.29, 0.717) is 6.04 Å². The molecule has 92 valence electrons. The van der Waals surface area contributed by atoms with Gasteiger partial charge in [-0.15, -0.1) is 12.4 Å². The van der Waals surface area contributed by atoms with Crippen LogP contribution in [0.3, 0.4) is 0 Å². The number of aromatic nitrogens is 1. The number of halogens is 2. The van der Waals surface area contributed by atoms with Gasteiger partial charge in [-0.1, -0.05) is 15.9 Å². The van der Waals surface area contributed by atoms with E-state index in [1.54, 1.807) is 0 Å². The number of nitrogens with zero attached hydrogens (tertiary/aromatic N) is 1. The van der Waals surface area contributed by atoms with Crippen LogP contribution >= 0.6 is 28.3 Å². The average molecular weight is 316 g/mol. The van der Waals surface area contributed by atoms with Gasteiger partial charge in [0.2, 0.25) is 0 Å². The van der Waals surface area contributed by atoms with E-state index in [4.69, 9.17) is 0 Å². The molecule has 1 aromatic heterocycles. The standard InChI is InChI=1S/C13H15BrN2.ClH/c1-8-3-13-10(5-12(8)14)4-11-7-15-6-9(2)16(11)13;/h3-5,9,15H,6-7H2,1-2H3;1H. The topological polar surface area (TPSA) is 17.0 Å². The summed E-state index contributed by atoms with van der Waals surface area (Å²) in [6, 6.07) is 7.34. The second-order valence-corrected chi connectivity index (χ2v) is 5.50. The minimum atomic E-state index is 0. The molecule has 1 aliphatic rings. The Morgan fingerprint density at radius 1 is 1.35 bits per heavy atom. The van der Waals surface area contributed by atoms with Crippen LogP contribution in [0, 0.1) is 6.92 Å². The molecule has 2 aromatic rings. The summed E-state index contributed by atoms with van der Waals surface area (Å²) in [5.74, 6) is 0. The molecule has 3 rings (SSSR count). The first kappa shape index (κ1) is 12.9. The monoisotopic (exact) mass is 314 g/mol. The van der Waals surface area contributed by atoms with Gasteiger partial charge in [-0.05, 0) is 37.6 Å². The van der Waals surface area contributed by atoms with Crippen LogP contribution in [0.5, 0.6) is 0 Å². The van der Waals surface area contributed by atoms with Gasteiger partial charge in [0.25, 0.3) is 0 Å². The van der Waals surface area contributed by atoms with Gasteiger partial charge in [0.15, 0.2) is 0 Å². The zero-order valence-corrected chi connectivity index (χ0v) is 12.4. The summed E-state index contributed by atoms with van der Waals surface area (Å²) in [6.45, 7) is 6.46. The van der Waals surface area contributed by atoms with Crippen molar-refractivity contribution in [2.75, 3.05) is 6.54 Å². The van der Waals surface area contributed by atoms with Crippen molar-refractivity contribution in [1.29, 1.82) is 0 Å². The van der Waals surface area contributed by atoms with Crippen LogP contribution in [-0.4, -0.2) is 11.1 Å². The van der Waals surface area contributed by atoms with E-state index in [2.05, 4.69) is 57.9 Å². The van der Waals surface area contributed by atoms with Gasteiger partial charge in [0.1, 0.15) is 0 Å². The summed E-state index contributed by atoms with van der Waals surface area (Å²) in [7, 11) is 0. The smallest absolute Gasteiger partial charge is 0.0489 e. The van der Waals surface area contributed by atoms with E-state index >= 15 is 0 Å². The normalized spacial score (nSPS) is 18.9. The third-order valence-corrected chi connectivity index (χ3v) is 4.24. The van der Waals surface area contributed by atoms with E-state index in [1.807, 2.05) is 0 Å². The lowest BCUT2D eigenvalue weighted by atomic mass is 10.2. The average Bonchev–Trinajstić information content (AvgIpc) is 2.58.